The summed E-state index contributed by atoms with van der Waals surface area (Å²) in [4.78, 5) is 0. The first-order valence-electron chi connectivity index (χ1n) is 6.26. The van der Waals surface area contributed by atoms with Gasteiger partial charge in [0.05, 0.1) is 0 Å². The van der Waals surface area contributed by atoms with Gasteiger partial charge in [-0.1, -0.05) is 13.0 Å². The minimum atomic E-state index is -0.962. The first-order chi connectivity index (χ1) is 8.44. The molecule has 0 heterocycles. The lowest BCUT2D eigenvalue weighted by Crippen LogP contribution is -2.43. The SMILES string of the molecule is CCCNCC(C)(O)COc1ccc(C)c(F)c1. The summed E-state index contributed by atoms with van der Waals surface area (Å²) in [6.07, 6.45) is 1.01. The van der Waals surface area contributed by atoms with E-state index in [0.29, 0.717) is 17.9 Å². The third-order valence-electron chi connectivity index (χ3n) is 2.63. The van der Waals surface area contributed by atoms with E-state index >= 15 is 0 Å². The van der Waals surface area contributed by atoms with Crippen molar-refractivity contribution in [2.24, 2.45) is 0 Å². The number of ether oxygens (including phenoxy) is 1. The molecule has 1 aromatic rings. The standard InChI is InChI=1S/C14H22FNO2/c1-4-7-16-9-14(3,17)10-18-12-6-5-11(2)13(15)8-12/h5-6,8,16-17H,4,7,9-10H2,1-3H3. The van der Waals surface area contributed by atoms with Gasteiger partial charge in [0.15, 0.2) is 0 Å². The lowest BCUT2D eigenvalue weighted by atomic mass is 10.1. The second kappa shape index (κ2) is 6.71. The molecule has 4 heteroatoms. The lowest BCUT2D eigenvalue weighted by Gasteiger charge is -2.24. The van der Waals surface area contributed by atoms with Gasteiger partial charge < -0.3 is 15.2 Å². The van der Waals surface area contributed by atoms with Gasteiger partial charge in [-0.15, -0.1) is 0 Å². The number of benzene rings is 1. The summed E-state index contributed by atoms with van der Waals surface area (Å²) >= 11 is 0. The minimum Gasteiger partial charge on any atom is -0.490 e. The van der Waals surface area contributed by atoms with E-state index < -0.39 is 5.60 Å². The van der Waals surface area contributed by atoms with E-state index in [1.54, 1.807) is 26.0 Å². The molecule has 0 aliphatic heterocycles. The Morgan fingerprint density at radius 3 is 2.78 bits per heavy atom. The van der Waals surface area contributed by atoms with Crippen molar-refractivity contribution < 1.29 is 14.2 Å². The van der Waals surface area contributed by atoms with Crippen molar-refractivity contribution in [1.29, 1.82) is 0 Å². The third-order valence-corrected chi connectivity index (χ3v) is 2.63. The number of hydrogen-bond donors (Lipinski definition) is 2. The van der Waals surface area contributed by atoms with Crippen LogP contribution in [0.25, 0.3) is 0 Å². The van der Waals surface area contributed by atoms with Crippen LogP contribution in [-0.2, 0) is 0 Å². The number of halogens is 1. The van der Waals surface area contributed by atoms with Crippen molar-refractivity contribution in [2.75, 3.05) is 19.7 Å². The molecular formula is C14H22FNO2. The van der Waals surface area contributed by atoms with Crippen molar-refractivity contribution >= 4 is 0 Å². The molecule has 0 fully saturated rings. The summed E-state index contributed by atoms with van der Waals surface area (Å²) < 4.78 is 18.7. The lowest BCUT2D eigenvalue weighted by molar-refractivity contribution is 0.0124. The molecule has 3 nitrogen and oxygen atoms in total. The molecule has 0 amide bonds. The molecule has 2 N–H and O–H groups in total. The van der Waals surface area contributed by atoms with E-state index in [4.69, 9.17) is 4.74 Å². The molecule has 0 bridgehead atoms. The fourth-order valence-corrected chi connectivity index (χ4v) is 1.49. The van der Waals surface area contributed by atoms with Crippen molar-refractivity contribution in [2.45, 2.75) is 32.8 Å². The molecule has 102 valence electrons. The monoisotopic (exact) mass is 255 g/mol. The van der Waals surface area contributed by atoms with Crippen LogP contribution >= 0.6 is 0 Å². The van der Waals surface area contributed by atoms with E-state index in [9.17, 15) is 9.50 Å². The van der Waals surface area contributed by atoms with Crippen LogP contribution in [0.2, 0.25) is 0 Å². The van der Waals surface area contributed by atoms with E-state index in [2.05, 4.69) is 12.2 Å². The zero-order valence-corrected chi connectivity index (χ0v) is 11.3. The molecule has 18 heavy (non-hydrogen) atoms. The molecule has 1 rings (SSSR count). The molecule has 1 atom stereocenters. The van der Waals surface area contributed by atoms with Crippen LogP contribution in [0.15, 0.2) is 18.2 Å². The second-order valence-electron chi connectivity index (χ2n) is 4.87. The van der Waals surface area contributed by atoms with Gasteiger partial charge in [-0.2, -0.15) is 0 Å². The fraction of sp³-hybridized carbons (Fsp3) is 0.571. The first-order valence-corrected chi connectivity index (χ1v) is 6.26. The maximum absolute atomic E-state index is 13.3. The van der Waals surface area contributed by atoms with Crippen LogP contribution < -0.4 is 10.1 Å². The number of aryl methyl sites for hydroxylation is 1. The van der Waals surface area contributed by atoms with Crippen LogP contribution in [0.5, 0.6) is 5.75 Å². The molecule has 0 aliphatic carbocycles. The van der Waals surface area contributed by atoms with Crippen LogP contribution in [0.4, 0.5) is 4.39 Å². The quantitative estimate of drug-likeness (QED) is 0.734. The molecule has 0 spiro atoms. The van der Waals surface area contributed by atoms with Crippen LogP contribution in [0, 0.1) is 12.7 Å². The summed E-state index contributed by atoms with van der Waals surface area (Å²) in [6, 6.07) is 4.70. The van der Waals surface area contributed by atoms with E-state index in [-0.39, 0.29) is 12.4 Å². The Labute approximate surface area is 108 Å². The highest BCUT2D eigenvalue weighted by molar-refractivity contribution is 5.28. The van der Waals surface area contributed by atoms with Crippen molar-refractivity contribution in [3.8, 4) is 5.75 Å². The average molecular weight is 255 g/mol. The van der Waals surface area contributed by atoms with E-state index in [0.717, 1.165) is 13.0 Å². The molecule has 0 aromatic heterocycles. The van der Waals surface area contributed by atoms with E-state index in [1.807, 2.05) is 0 Å². The summed E-state index contributed by atoms with van der Waals surface area (Å²) in [5.74, 6) is 0.144. The highest BCUT2D eigenvalue weighted by Gasteiger charge is 2.20. The largest absolute Gasteiger partial charge is 0.490 e. The van der Waals surface area contributed by atoms with Gasteiger partial charge in [0.1, 0.15) is 23.8 Å². The van der Waals surface area contributed by atoms with Gasteiger partial charge in [0.2, 0.25) is 0 Å². The van der Waals surface area contributed by atoms with Gasteiger partial charge in [-0.25, -0.2) is 4.39 Å². The Bertz CT molecular complexity index is 380. The van der Waals surface area contributed by atoms with Crippen molar-refractivity contribution in [3.63, 3.8) is 0 Å². The summed E-state index contributed by atoms with van der Waals surface area (Å²) in [5, 5.41) is 13.2. The molecule has 1 aromatic carbocycles. The molecule has 0 saturated carbocycles. The molecule has 1 unspecified atom stereocenters. The van der Waals surface area contributed by atoms with Crippen LogP contribution in [0.1, 0.15) is 25.8 Å². The number of nitrogens with one attached hydrogen (secondary N) is 1. The Balaban J connectivity index is 2.45. The van der Waals surface area contributed by atoms with Crippen molar-refractivity contribution in [3.05, 3.63) is 29.6 Å². The van der Waals surface area contributed by atoms with E-state index in [1.165, 1.54) is 6.07 Å². The number of hydrogen-bond acceptors (Lipinski definition) is 3. The predicted octanol–water partition coefficient (Wildman–Crippen LogP) is 2.26. The Hall–Kier alpha value is -1.13. The van der Waals surface area contributed by atoms with Gasteiger partial charge >= 0.3 is 0 Å². The minimum absolute atomic E-state index is 0.131. The molecule has 0 radical (unpaired) electrons. The number of rotatable bonds is 7. The van der Waals surface area contributed by atoms with Crippen molar-refractivity contribution in [1.82, 2.24) is 5.32 Å². The highest BCUT2D eigenvalue weighted by Crippen LogP contribution is 2.17. The van der Waals surface area contributed by atoms with Crippen LogP contribution in [0.3, 0.4) is 0 Å². The maximum Gasteiger partial charge on any atom is 0.129 e. The topological polar surface area (TPSA) is 41.5 Å². The molecule has 0 aliphatic rings. The highest BCUT2D eigenvalue weighted by atomic mass is 19.1. The smallest absolute Gasteiger partial charge is 0.129 e. The zero-order chi connectivity index (χ0) is 13.6. The average Bonchev–Trinajstić information content (AvgIpc) is 2.31. The van der Waals surface area contributed by atoms with Crippen LogP contribution in [-0.4, -0.2) is 30.4 Å². The zero-order valence-electron chi connectivity index (χ0n) is 11.3. The van der Waals surface area contributed by atoms with Gasteiger partial charge in [0, 0.05) is 12.6 Å². The van der Waals surface area contributed by atoms with Gasteiger partial charge in [0.25, 0.3) is 0 Å². The van der Waals surface area contributed by atoms with Gasteiger partial charge in [-0.05, 0) is 38.4 Å². The summed E-state index contributed by atoms with van der Waals surface area (Å²) in [6.45, 7) is 6.90. The Morgan fingerprint density at radius 1 is 1.44 bits per heavy atom. The first kappa shape index (κ1) is 14.9. The van der Waals surface area contributed by atoms with Gasteiger partial charge in [-0.3, -0.25) is 0 Å². The molecular weight excluding hydrogens is 233 g/mol. The Kier molecular flexibility index (Phi) is 5.56. The molecule has 0 saturated heterocycles. The normalized spacial score (nSPS) is 14.3. The maximum atomic E-state index is 13.3. The Morgan fingerprint density at radius 2 is 2.17 bits per heavy atom. The second-order valence-corrected chi connectivity index (χ2v) is 4.87. The predicted molar refractivity (Wildman–Crippen MR) is 70.4 cm³/mol. The third kappa shape index (κ3) is 5.02. The fourth-order valence-electron chi connectivity index (χ4n) is 1.49. The number of aliphatic hydroxyl groups is 1. The summed E-state index contributed by atoms with van der Waals surface area (Å²) in [5.41, 5.74) is -0.380. The summed E-state index contributed by atoms with van der Waals surface area (Å²) in [7, 11) is 0.